The van der Waals surface area contributed by atoms with Crippen molar-refractivity contribution in [3.8, 4) is 0 Å². The van der Waals surface area contributed by atoms with Gasteiger partial charge in [0.25, 0.3) is 5.91 Å². The van der Waals surface area contributed by atoms with Crippen LogP contribution >= 0.6 is 0 Å². The quantitative estimate of drug-likeness (QED) is 0.558. The molecule has 0 unspecified atom stereocenters. The summed E-state index contributed by atoms with van der Waals surface area (Å²) < 4.78 is 44.1. The van der Waals surface area contributed by atoms with E-state index in [2.05, 4.69) is 5.32 Å². The van der Waals surface area contributed by atoms with E-state index in [0.29, 0.717) is 99.2 Å². The fourth-order valence-electron chi connectivity index (χ4n) is 4.51. The minimum Gasteiger partial charge on any atom is -0.440 e. The van der Waals surface area contributed by atoms with Gasteiger partial charge in [-0.25, -0.2) is 8.78 Å². The summed E-state index contributed by atoms with van der Waals surface area (Å²) in [7, 11) is 0. The first kappa shape index (κ1) is 24.2. The number of ether oxygens (including phenoxy) is 2. The summed E-state index contributed by atoms with van der Waals surface area (Å²) in [5.41, 5.74) is 1.50. The van der Waals surface area contributed by atoms with Gasteiger partial charge in [-0.2, -0.15) is 0 Å². The fraction of sp³-hybridized carbons (Fsp3) is 0.385. The van der Waals surface area contributed by atoms with Crippen LogP contribution in [0.2, 0.25) is 0 Å². The third-order valence-corrected chi connectivity index (χ3v) is 6.35. The van der Waals surface area contributed by atoms with E-state index < -0.39 is 11.6 Å². The number of fused-ring (bicyclic) bond motifs is 1. The number of anilines is 2. The van der Waals surface area contributed by atoms with Gasteiger partial charge in [-0.05, 0) is 36.2 Å². The summed E-state index contributed by atoms with van der Waals surface area (Å²) in [6.07, 6.45) is 0.356. The Balaban J connectivity index is 1.49. The maximum Gasteiger partial charge on any atom is 0.254 e. The molecular weight excluding hydrogens is 472 g/mol. The molecule has 0 saturated carbocycles. The van der Waals surface area contributed by atoms with Crippen LogP contribution < -0.4 is 15.6 Å². The van der Waals surface area contributed by atoms with E-state index in [-0.39, 0.29) is 11.3 Å². The molecule has 5 rings (SSSR count). The second kappa shape index (κ2) is 10.6. The van der Waals surface area contributed by atoms with Crippen molar-refractivity contribution >= 4 is 28.4 Å². The molecule has 2 aliphatic rings. The molecule has 0 spiro atoms. The highest BCUT2D eigenvalue weighted by molar-refractivity contribution is 5.98. The molecule has 2 aliphatic heterocycles. The van der Waals surface area contributed by atoms with Crippen molar-refractivity contribution in [3.63, 3.8) is 0 Å². The van der Waals surface area contributed by atoms with Crippen LogP contribution in [-0.2, 0) is 15.9 Å². The Morgan fingerprint density at radius 2 is 1.56 bits per heavy atom. The van der Waals surface area contributed by atoms with Crippen LogP contribution in [0.15, 0.2) is 45.6 Å². The second-order valence-electron chi connectivity index (χ2n) is 8.80. The van der Waals surface area contributed by atoms with Gasteiger partial charge in [0.1, 0.15) is 17.2 Å². The molecule has 10 heteroatoms. The standard InChI is InChI=1S/C26H27F2N3O5/c27-19-13-20(28)15-21(14-19)29-2-1-17-11-18(26(33)31-5-9-35-10-6-31)12-22-23(32)16-24(36-25(17)22)30-3-7-34-8-4-30/h11-16,29H,1-10H2. The van der Waals surface area contributed by atoms with E-state index in [1.165, 1.54) is 18.2 Å². The molecule has 3 heterocycles. The van der Waals surface area contributed by atoms with Crippen molar-refractivity contribution in [2.45, 2.75) is 6.42 Å². The van der Waals surface area contributed by atoms with Gasteiger partial charge in [0, 0.05) is 56.1 Å². The lowest BCUT2D eigenvalue weighted by Gasteiger charge is -2.28. The van der Waals surface area contributed by atoms with Gasteiger partial charge in [0.2, 0.25) is 0 Å². The third-order valence-electron chi connectivity index (χ3n) is 6.35. The number of hydrogen-bond acceptors (Lipinski definition) is 7. The maximum absolute atomic E-state index is 13.6. The molecule has 2 fully saturated rings. The van der Waals surface area contributed by atoms with Gasteiger partial charge in [-0.1, -0.05) is 0 Å². The number of nitrogens with one attached hydrogen (secondary N) is 1. The molecule has 1 aromatic heterocycles. The summed E-state index contributed by atoms with van der Waals surface area (Å²) in [5, 5.41) is 3.32. The minimum atomic E-state index is -0.679. The second-order valence-corrected chi connectivity index (χ2v) is 8.80. The third kappa shape index (κ3) is 5.34. The topological polar surface area (TPSA) is 84.2 Å². The molecule has 0 atom stereocenters. The van der Waals surface area contributed by atoms with Gasteiger partial charge >= 0.3 is 0 Å². The minimum absolute atomic E-state index is 0.182. The van der Waals surface area contributed by atoms with E-state index in [9.17, 15) is 18.4 Å². The lowest BCUT2D eigenvalue weighted by atomic mass is 10.0. The molecule has 2 saturated heterocycles. The molecule has 0 bridgehead atoms. The number of carbonyl (C=O) groups is 1. The Hall–Kier alpha value is -3.50. The number of amides is 1. The van der Waals surface area contributed by atoms with E-state index in [1.807, 2.05) is 4.90 Å². The zero-order valence-electron chi connectivity index (χ0n) is 19.7. The Morgan fingerprint density at radius 3 is 2.25 bits per heavy atom. The summed E-state index contributed by atoms with van der Waals surface area (Å²) in [4.78, 5) is 30.0. The number of benzene rings is 2. The van der Waals surface area contributed by atoms with Crippen LogP contribution in [0.3, 0.4) is 0 Å². The molecule has 8 nitrogen and oxygen atoms in total. The smallest absolute Gasteiger partial charge is 0.254 e. The predicted molar refractivity (Wildman–Crippen MR) is 131 cm³/mol. The van der Waals surface area contributed by atoms with Crippen molar-refractivity contribution in [3.05, 3.63) is 69.4 Å². The largest absolute Gasteiger partial charge is 0.440 e. The lowest BCUT2D eigenvalue weighted by Crippen LogP contribution is -2.40. The van der Waals surface area contributed by atoms with Crippen LogP contribution in [0.4, 0.5) is 20.4 Å². The Kier molecular flexibility index (Phi) is 7.15. The van der Waals surface area contributed by atoms with E-state index in [4.69, 9.17) is 13.9 Å². The van der Waals surface area contributed by atoms with Crippen molar-refractivity contribution in [2.75, 3.05) is 69.4 Å². The Morgan fingerprint density at radius 1 is 0.889 bits per heavy atom. The molecule has 1 amide bonds. The highest BCUT2D eigenvalue weighted by Gasteiger charge is 2.22. The average molecular weight is 500 g/mol. The normalized spacial score (nSPS) is 16.4. The molecule has 190 valence electrons. The van der Waals surface area contributed by atoms with Crippen molar-refractivity contribution in [1.82, 2.24) is 4.90 Å². The summed E-state index contributed by atoms with van der Waals surface area (Å²) >= 11 is 0. The highest BCUT2D eigenvalue weighted by Crippen LogP contribution is 2.26. The van der Waals surface area contributed by atoms with Crippen molar-refractivity contribution in [2.24, 2.45) is 0 Å². The van der Waals surface area contributed by atoms with Gasteiger partial charge in [-0.3, -0.25) is 9.59 Å². The predicted octanol–water partition coefficient (Wildman–Crippen LogP) is 3.03. The Bertz CT molecular complexity index is 1300. The summed E-state index contributed by atoms with van der Waals surface area (Å²) in [6.45, 7) is 4.46. The van der Waals surface area contributed by atoms with Crippen molar-refractivity contribution < 1.29 is 27.5 Å². The zero-order chi connectivity index (χ0) is 25.1. The van der Waals surface area contributed by atoms with Crippen molar-refractivity contribution in [1.29, 1.82) is 0 Å². The van der Waals surface area contributed by atoms with Gasteiger partial charge in [-0.15, -0.1) is 0 Å². The van der Waals surface area contributed by atoms with Crippen LogP contribution in [0, 0.1) is 11.6 Å². The molecular formula is C26H27F2N3O5. The van der Waals surface area contributed by atoms with E-state index in [0.717, 1.165) is 6.07 Å². The average Bonchev–Trinajstić information content (AvgIpc) is 2.89. The molecule has 3 aromatic rings. The van der Waals surface area contributed by atoms with Gasteiger partial charge < -0.3 is 29.0 Å². The Labute approximate surface area is 206 Å². The number of nitrogens with zero attached hydrogens (tertiary/aromatic N) is 2. The number of halogens is 2. The fourth-order valence-corrected chi connectivity index (χ4v) is 4.51. The van der Waals surface area contributed by atoms with Crippen LogP contribution in [0.5, 0.6) is 0 Å². The maximum atomic E-state index is 13.6. The van der Waals surface area contributed by atoms with Gasteiger partial charge in [0.05, 0.1) is 31.8 Å². The first-order chi connectivity index (χ1) is 17.5. The summed E-state index contributed by atoms with van der Waals surface area (Å²) in [5.74, 6) is -1.09. The summed E-state index contributed by atoms with van der Waals surface area (Å²) in [6, 6.07) is 7.99. The first-order valence-corrected chi connectivity index (χ1v) is 12.0. The lowest BCUT2D eigenvalue weighted by molar-refractivity contribution is 0.0303. The molecule has 0 radical (unpaired) electrons. The number of rotatable bonds is 6. The number of morpholine rings is 2. The van der Waals surface area contributed by atoms with E-state index in [1.54, 1.807) is 17.0 Å². The van der Waals surface area contributed by atoms with E-state index >= 15 is 0 Å². The molecule has 2 aromatic carbocycles. The monoisotopic (exact) mass is 499 g/mol. The highest BCUT2D eigenvalue weighted by atomic mass is 19.1. The zero-order valence-corrected chi connectivity index (χ0v) is 19.7. The SMILES string of the molecule is O=C(c1cc(CCNc2cc(F)cc(F)c2)c2oc(N3CCOCC3)cc(=O)c2c1)N1CCOCC1. The molecule has 0 aliphatic carbocycles. The van der Waals surface area contributed by atoms with Crippen LogP contribution in [0.25, 0.3) is 11.0 Å². The number of carbonyl (C=O) groups excluding carboxylic acids is 1. The van der Waals surface area contributed by atoms with Crippen LogP contribution in [-0.4, -0.2) is 70.0 Å². The van der Waals surface area contributed by atoms with Crippen LogP contribution in [0.1, 0.15) is 15.9 Å². The number of hydrogen-bond donors (Lipinski definition) is 1. The molecule has 36 heavy (non-hydrogen) atoms. The first-order valence-electron chi connectivity index (χ1n) is 12.0. The molecule has 1 N–H and O–H groups in total. The van der Waals surface area contributed by atoms with Gasteiger partial charge in [0.15, 0.2) is 11.3 Å².